The second-order valence-corrected chi connectivity index (χ2v) is 10.4. The third-order valence-electron chi connectivity index (χ3n) is 6.85. The van der Waals surface area contributed by atoms with Gasteiger partial charge in [-0.3, -0.25) is 4.79 Å². The fourth-order valence-electron chi connectivity index (χ4n) is 4.73. The number of nitrogens with one attached hydrogen (secondary N) is 1. The first kappa shape index (κ1) is 26.3. The highest BCUT2D eigenvalue weighted by Gasteiger charge is 2.28. The first-order valence-electron chi connectivity index (χ1n) is 12.3. The summed E-state index contributed by atoms with van der Waals surface area (Å²) in [6, 6.07) is 10.4. The lowest BCUT2D eigenvalue weighted by atomic mass is 10.0. The van der Waals surface area contributed by atoms with Gasteiger partial charge in [0.2, 0.25) is 5.75 Å². The van der Waals surface area contributed by atoms with Gasteiger partial charge >= 0.3 is 0 Å². The van der Waals surface area contributed by atoms with Crippen LogP contribution in [0.25, 0.3) is 22.1 Å². The van der Waals surface area contributed by atoms with E-state index >= 15 is 0 Å². The Kier molecular flexibility index (Phi) is 7.22. The highest BCUT2D eigenvalue weighted by molar-refractivity contribution is 6.36. The van der Waals surface area contributed by atoms with Crippen molar-refractivity contribution in [1.29, 1.82) is 0 Å². The number of pyridine rings is 1. The van der Waals surface area contributed by atoms with Crippen LogP contribution in [0, 0.1) is 5.82 Å². The van der Waals surface area contributed by atoms with Crippen molar-refractivity contribution in [3.05, 3.63) is 75.8 Å². The number of ether oxygens (including phenoxy) is 1. The van der Waals surface area contributed by atoms with Crippen molar-refractivity contribution in [2.24, 2.45) is 0 Å². The molecule has 1 aliphatic rings. The minimum atomic E-state index is -0.741. The zero-order valence-corrected chi connectivity index (χ0v) is 22.6. The number of piperazine rings is 1. The largest absolute Gasteiger partial charge is 0.478 e. The van der Waals surface area contributed by atoms with Crippen molar-refractivity contribution in [3.8, 4) is 16.9 Å². The Labute approximate surface area is 229 Å². The highest BCUT2D eigenvalue weighted by Crippen LogP contribution is 2.41. The Hall–Kier alpha value is -3.33. The van der Waals surface area contributed by atoms with E-state index in [-0.39, 0.29) is 39.6 Å². The number of furan rings is 1. The molecular weight excluding hydrogens is 530 g/mol. The molecule has 2 aromatic carbocycles. The lowest BCUT2D eigenvalue weighted by molar-refractivity contribution is 0.0616. The third-order valence-corrected chi connectivity index (χ3v) is 7.56. The fourth-order valence-corrected chi connectivity index (χ4v) is 5.41. The monoisotopic (exact) mass is 556 g/mol. The number of hydrogen-bond acceptors (Lipinski definition) is 6. The minimum Gasteiger partial charge on any atom is -0.478 e. The van der Waals surface area contributed by atoms with Crippen molar-refractivity contribution in [1.82, 2.24) is 15.2 Å². The summed E-state index contributed by atoms with van der Waals surface area (Å²) in [6.07, 6.45) is 2.45. The van der Waals surface area contributed by atoms with Gasteiger partial charge in [0.05, 0.1) is 16.7 Å². The lowest BCUT2D eigenvalue weighted by Crippen LogP contribution is -2.56. The normalized spacial score (nSPS) is 18.5. The van der Waals surface area contributed by atoms with Crippen LogP contribution in [0.5, 0.6) is 5.75 Å². The molecule has 7 nitrogen and oxygen atoms in total. The summed E-state index contributed by atoms with van der Waals surface area (Å²) in [4.78, 5) is 19.3. The maximum Gasteiger partial charge on any atom is 0.254 e. The van der Waals surface area contributed by atoms with Crippen LogP contribution in [0.2, 0.25) is 10.0 Å². The smallest absolute Gasteiger partial charge is 0.254 e. The van der Waals surface area contributed by atoms with Crippen LogP contribution >= 0.6 is 23.2 Å². The molecular formula is C28H27Cl2FN4O3. The Morgan fingerprint density at radius 2 is 1.97 bits per heavy atom. The molecule has 198 valence electrons. The van der Waals surface area contributed by atoms with Crippen LogP contribution in [-0.2, 0) is 0 Å². The van der Waals surface area contributed by atoms with Crippen molar-refractivity contribution in [2.45, 2.75) is 39.0 Å². The van der Waals surface area contributed by atoms with E-state index in [9.17, 15) is 9.18 Å². The standard InChI is InChI=1S/C28H27Cl2FN4O3/c1-14-12-35(15(2)10-33-14)28(36)18-6-4-17(5-7-18)20-13-37-25-19(20)11-34-27(32)26(25)38-16(3)23-21(29)8-9-22(31)24(23)30/h4-9,11,13-16,33H,10,12H2,1-3H3,(H2,32,34). The quantitative estimate of drug-likeness (QED) is 0.273. The second kappa shape index (κ2) is 10.4. The average Bonchev–Trinajstić information content (AvgIpc) is 3.33. The van der Waals surface area contributed by atoms with Gasteiger partial charge in [0.25, 0.3) is 5.91 Å². The van der Waals surface area contributed by atoms with E-state index in [0.29, 0.717) is 28.6 Å². The van der Waals surface area contributed by atoms with Crippen LogP contribution in [0.4, 0.5) is 10.2 Å². The van der Waals surface area contributed by atoms with Crippen molar-refractivity contribution in [3.63, 3.8) is 0 Å². The van der Waals surface area contributed by atoms with Crippen molar-refractivity contribution in [2.75, 3.05) is 18.8 Å². The van der Waals surface area contributed by atoms with Crippen LogP contribution in [0.3, 0.4) is 0 Å². The van der Waals surface area contributed by atoms with E-state index in [0.717, 1.165) is 17.7 Å². The third kappa shape index (κ3) is 4.79. The molecule has 5 rings (SSSR count). The van der Waals surface area contributed by atoms with Gasteiger partial charge in [0, 0.05) is 53.1 Å². The van der Waals surface area contributed by atoms with Gasteiger partial charge in [-0.05, 0) is 50.6 Å². The maximum absolute atomic E-state index is 14.1. The Morgan fingerprint density at radius 1 is 1.24 bits per heavy atom. The van der Waals surface area contributed by atoms with Gasteiger partial charge in [-0.15, -0.1) is 0 Å². The van der Waals surface area contributed by atoms with Crippen LogP contribution < -0.4 is 15.8 Å². The summed E-state index contributed by atoms with van der Waals surface area (Å²) >= 11 is 12.4. The molecule has 0 aliphatic carbocycles. The molecule has 0 saturated carbocycles. The predicted octanol–water partition coefficient (Wildman–Crippen LogP) is 6.49. The number of amides is 1. The zero-order valence-electron chi connectivity index (χ0n) is 21.1. The number of hydrogen-bond donors (Lipinski definition) is 2. The molecule has 1 aliphatic heterocycles. The van der Waals surface area contributed by atoms with Gasteiger partial charge in [-0.25, -0.2) is 9.37 Å². The Morgan fingerprint density at radius 3 is 2.71 bits per heavy atom. The van der Waals surface area contributed by atoms with Gasteiger partial charge in [-0.2, -0.15) is 0 Å². The maximum atomic E-state index is 14.1. The topological polar surface area (TPSA) is 93.6 Å². The molecule has 0 radical (unpaired) electrons. The van der Waals surface area contributed by atoms with Gasteiger partial charge in [-0.1, -0.05) is 35.3 Å². The molecule has 3 atom stereocenters. The van der Waals surface area contributed by atoms with E-state index in [1.54, 1.807) is 19.4 Å². The van der Waals surface area contributed by atoms with Gasteiger partial charge < -0.3 is 25.1 Å². The lowest BCUT2D eigenvalue weighted by Gasteiger charge is -2.37. The number of nitrogens with two attached hydrogens (primary N) is 1. The van der Waals surface area contributed by atoms with Gasteiger partial charge in [0.15, 0.2) is 11.4 Å². The predicted molar refractivity (Wildman–Crippen MR) is 147 cm³/mol. The molecule has 0 bridgehead atoms. The molecule has 0 spiro atoms. The van der Waals surface area contributed by atoms with E-state index < -0.39 is 11.9 Å². The summed E-state index contributed by atoms with van der Waals surface area (Å²) in [5.74, 6) is -0.294. The van der Waals surface area contributed by atoms with Crippen molar-refractivity contribution < 1.29 is 18.3 Å². The Bertz CT molecular complexity index is 1510. The van der Waals surface area contributed by atoms with Crippen LogP contribution in [0.1, 0.15) is 42.8 Å². The van der Waals surface area contributed by atoms with Crippen LogP contribution in [0.15, 0.2) is 53.3 Å². The average molecular weight is 557 g/mol. The molecule has 1 amide bonds. The number of nitrogens with zero attached hydrogens (tertiary/aromatic N) is 2. The summed E-state index contributed by atoms with van der Waals surface area (Å²) < 4.78 is 26.0. The molecule has 3 unspecified atom stereocenters. The number of fused-ring (bicyclic) bond motifs is 1. The first-order chi connectivity index (χ1) is 18.2. The van der Waals surface area contributed by atoms with E-state index in [1.807, 2.05) is 36.1 Å². The van der Waals surface area contributed by atoms with E-state index in [1.165, 1.54) is 12.1 Å². The van der Waals surface area contributed by atoms with E-state index in [4.69, 9.17) is 38.1 Å². The summed E-state index contributed by atoms with van der Waals surface area (Å²) in [5, 5.41) is 4.20. The fraction of sp³-hybridized carbons (Fsp3) is 0.286. The zero-order chi connectivity index (χ0) is 27.1. The number of rotatable bonds is 5. The number of carbonyl (C=O) groups excluding carboxylic acids is 1. The first-order valence-corrected chi connectivity index (χ1v) is 13.0. The molecule has 10 heteroatoms. The molecule has 38 heavy (non-hydrogen) atoms. The number of halogens is 3. The number of carbonyl (C=O) groups is 1. The summed E-state index contributed by atoms with van der Waals surface area (Å²) in [7, 11) is 0. The SMILES string of the molecule is CC1CN(C(=O)c2ccc(-c3coc4c(OC(C)c5c(Cl)ccc(F)c5Cl)c(N)ncc34)cc2)C(C)CN1. The van der Waals surface area contributed by atoms with Gasteiger partial charge in [0.1, 0.15) is 11.9 Å². The second-order valence-electron chi connectivity index (χ2n) is 9.57. The number of aromatic nitrogens is 1. The molecule has 1 fully saturated rings. The molecule has 3 heterocycles. The molecule has 3 N–H and O–H groups in total. The van der Waals surface area contributed by atoms with Crippen molar-refractivity contribution >= 4 is 45.9 Å². The number of benzene rings is 2. The number of anilines is 1. The minimum absolute atomic E-state index is 0.00300. The highest BCUT2D eigenvalue weighted by atomic mass is 35.5. The Balaban J connectivity index is 1.44. The van der Waals surface area contributed by atoms with Crippen LogP contribution in [-0.4, -0.2) is 41.0 Å². The molecule has 4 aromatic rings. The number of nitrogen functional groups attached to an aromatic ring is 1. The van der Waals surface area contributed by atoms with E-state index in [2.05, 4.69) is 17.2 Å². The summed E-state index contributed by atoms with van der Waals surface area (Å²) in [6.45, 7) is 7.22. The summed E-state index contributed by atoms with van der Waals surface area (Å²) in [5.41, 5.74) is 9.02. The molecule has 1 saturated heterocycles. The molecule has 2 aromatic heterocycles.